The van der Waals surface area contributed by atoms with Gasteiger partial charge >= 0.3 is 0 Å². The Bertz CT molecular complexity index is 137. The summed E-state index contributed by atoms with van der Waals surface area (Å²) in [5, 5.41) is 2.53. The number of thiocarbonyl (C=S) groups is 1. The Kier molecular flexibility index (Phi) is 1.80. The topological polar surface area (TPSA) is 9.23 Å². The van der Waals surface area contributed by atoms with Crippen LogP contribution < -0.4 is 0 Å². The lowest BCUT2D eigenvalue weighted by Crippen LogP contribution is -2.07. The van der Waals surface area contributed by atoms with Crippen molar-refractivity contribution in [2.75, 3.05) is 0 Å². The molecule has 0 aliphatic carbocycles. The predicted octanol–water partition coefficient (Wildman–Crippen LogP) is 1.33. The molecule has 1 aliphatic rings. The zero-order valence-electron chi connectivity index (χ0n) is 4.20. The maximum Gasteiger partial charge on any atom is 0.153 e. The summed E-state index contributed by atoms with van der Waals surface area (Å²) in [5.41, 5.74) is 0. The third kappa shape index (κ3) is 1.17. The molecule has 0 bridgehead atoms. The van der Waals surface area contributed by atoms with E-state index in [9.17, 15) is 0 Å². The van der Waals surface area contributed by atoms with Crippen molar-refractivity contribution in [2.45, 2.75) is 6.10 Å². The molecule has 1 heterocycles. The first-order valence-corrected chi connectivity index (χ1v) is 2.71. The van der Waals surface area contributed by atoms with Gasteiger partial charge < -0.3 is 4.74 Å². The van der Waals surface area contributed by atoms with E-state index in [4.69, 9.17) is 4.74 Å². The summed E-state index contributed by atoms with van der Waals surface area (Å²) in [7, 11) is 0. The molecule has 0 saturated heterocycles. The standard InChI is InChI=1S/C6H5OS/c8-5-6-3-1-2-4-7-6/h1-4,6H. The number of ether oxygens (including phenoxy) is 1. The normalized spacial score (nSPS) is 24.8. The van der Waals surface area contributed by atoms with Crippen molar-refractivity contribution in [3.63, 3.8) is 0 Å². The van der Waals surface area contributed by atoms with Gasteiger partial charge in [-0.25, -0.2) is 0 Å². The molecule has 0 amide bonds. The van der Waals surface area contributed by atoms with Crippen molar-refractivity contribution >= 4 is 17.6 Å². The summed E-state index contributed by atoms with van der Waals surface area (Å²) in [4.78, 5) is 0. The molecule has 0 N–H and O–H groups in total. The van der Waals surface area contributed by atoms with Crippen LogP contribution in [0.5, 0.6) is 0 Å². The van der Waals surface area contributed by atoms with Gasteiger partial charge in [-0.2, -0.15) is 0 Å². The van der Waals surface area contributed by atoms with Crippen molar-refractivity contribution in [1.82, 2.24) is 0 Å². The number of hydrogen-bond donors (Lipinski definition) is 0. The lowest BCUT2D eigenvalue weighted by Gasteiger charge is -2.06. The van der Waals surface area contributed by atoms with Gasteiger partial charge in [-0.1, -0.05) is 18.3 Å². The first-order valence-electron chi connectivity index (χ1n) is 2.30. The average Bonchev–Trinajstić information content (AvgIpc) is 1.90. The molecule has 1 rings (SSSR count). The van der Waals surface area contributed by atoms with Crippen molar-refractivity contribution in [1.29, 1.82) is 0 Å². The molecule has 0 saturated carbocycles. The maximum absolute atomic E-state index is 4.94. The van der Waals surface area contributed by atoms with Crippen molar-refractivity contribution in [2.24, 2.45) is 0 Å². The van der Waals surface area contributed by atoms with Crippen LogP contribution in [0.3, 0.4) is 0 Å². The minimum Gasteiger partial charge on any atom is -0.488 e. The molecule has 8 heavy (non-hydrogen) atoms. The van der Waals surface area contributed by atoms with Gasteiger partial charge in [0.2, 0.25) is 0 Å². The highest BCUT2D eigenvalue weighted by Crippen LogP contribution is 1.98. The molecule has 41 valence electrons. The Morgan fingerprint density at radius 1 is 1.50 bits per heavy atom. The number of allylic oxidation sites excluding steroid dienone is 2. The second-order valence-corrected chi connectivity index (χ2v) is 1.62. The molecule has 1 nitrogen and oxygen atoms in total. The van der Waals surface area contributed by atoms with E-state index in [0.717, 1.165) is 0 Å². The quantitative estimate of drug-likeness (QED) is 0.489. The highest BCUT2D eigenvalue weighted by molar-refractivity contribution is 7.79. The van der Waals surface area contributed by atoms with Gasteiger partial charge in [-0.15, -0.1) is 0 Å². The summed E-state index contributed by atoms with van der Waals surface area (Å²) >= 11 is 4.51. The molecule has 0 aromatic rings. The summed E-state index contributed by atoms with van der Waals surface area (Å²) in [6, 6.07) is 0. The fourth-order valence-corrected chi connectivity index (χ4v) is 0.587. The molecule has 0 spiro atoms. The smallest absolute Gasteiger partial charge is 0.153 e. The first-order chi connectivity index (χ1) is 3.93. The number of hydrogen-bond acceptors (Lipinski definition) is 2. The van der Waals surface area contributed by atoms with Crippen LogP contribution in [0.2, 0.25) is 0 Å². The molecule has 0 aromatic carbocycles. The van der Waals surface area contributed by atoms with Crippen LogP contribution in [-0.4, -0.2) is 11.5 Å². The average molecular weight is 125 g/mol. The Hall–Kier alpha value is -0.630. The van der Waals surface area contributed by atoms with E-state index in [0.29, 0.717) is 0 Å². The Balaban J connectivity index is 2.51. The van der Waals surface area contributed by atoms with E-state index in [1.807, 2.05) is 18.2 Å². The van der Waals surface area contributed by atoms with E-state index in [1.54, 1.807) is 6.26 Å². The summed E-state index contributed by atoms with van der Waals surface area (Å²) in [6.45, 7) is 0. The van der Waals surface area contributed by atoms with Crippen LogP contribution in [0.15, 0.2) is 24.5 Å². The minimum atomic E-state index is -0.116. The van der Waals surface area contributed by atoms with Gasteiger partial charge in [0.05, 0.1) is 11.6 Å². The fourth-order valence-electron chi connectivity index (χ4n) is 0.453. The Labute approximate surface area is 53.7 Å². The van der Waals surface area contributed by atoms with E-state index in [1.165, 1.54) is 0 Å². The van der Waals surface area contributed by atoms with Crippen molar-refractivity contribution < 1.29 is 4.74 Å². The maximum atomic E-state index is 4.94. The van der Waals surface area contributed by atoms with Crippen LogP contribution in [0.4, 0.5) is 0 Å². The van der Waals surface area contributed by atoms with E-state index in [-0.39, 0.29) is 6.10 Å². The molecule has 0 aromatic heterocycles. The van der Waals surface area contributed by atoms with Crippen LogP contribution in [0.1, 0.15) is 0 Å². The zero-order valence-corrected chi connectivity index (χ0v) is 5.02. The van der Waals surface area contributed by atoms with Gasteiger partial charge in [0.25, 0.3) is 0 Å². The molecular weight excluding hydrogens is 120 g/mol. The van der Waals surface area contributed by atoms with Gasteiger partial charge in [-0.3, -0.25) is 0 Å². The highest BCUT2D eigenvalue weighted by Gasteiger charge is 1.98. The first kappa shape index (κ1) is 5.51. The number of rotatable bonds is 1. The highest BCUT2D eigenvalue weighted by atomic mass is 32.1. The van der Waals surface area contributed by atoms with Crippen LogP contribution >= 0.6 is 12.2 Å². The second-order valence-electron chi connectivity index (χ2n) is 1.39. The molecule has 1 atom stereocenters. The molecule has 2 heteroatoms. The summed E-state index contributed by atoms with van der Waals surface area (Å²) in [5.74, 6) is 0. The van der Waals surface area contributed by atoms with Gasteiger partial charge in [-0.05, 0) is 12.2 Å². The van der Waals surface area contributed by atoms with Crippen LogP contribution in [0.25, 0.3) is 0 Å². The molecule has 0 fully saturated rings. The van der Waals surface area contributed by atoms with Crippen LogP contribution in [-0.2, 0) is 4.74 Å². The summed E-state index contributed by atoms with van der Waals surface area (Å²) in [6.07, 6.45) is 7.02. The Morgan fingerprint density at radius 3 is 2.75 bits per heavy atom. The van der Waals surface area contributed by atoms with E-state index < -0.39 is 0 Å². The second kappa shape index (κ2) is 2.62. The van der Waals surface area contributed by atoms with Gasteiger partial charge in [0, 0.05) is 0 Å². The largest absolute Gasteiger partial charge is 0.488 e. The molecule has 1 aliphatic heterocycles. The van der Waals surface area contributed by atoms with E-state index in [2.05, 4.69) is 17.6 Å². The molecular formula is C6H5OS. The molecule has 1 unspecified atom stereocenters. The van der Waals surface area contributed by atoms with Crippen molar-refractivity contribution in [3.05, 3.63) is 24.5 Å². The van der Waals surface area contributed by atoms with Crippen LogP contribution in [0, 0.1) is 0 Å². The van der Waals surface area contributed by atoms with Crippen molar-refractivity contribution in [3.8, 4) is 0 Å². The third-order valence-electron chi connectivity index (χ3n) is 0.817. The Morgan fingerprint density at radius 2 is 2.38 bits per heavy atom. The lowest BCUT2D eigenvalue weighted by molar-refractivity contribution is 0.245. The predicted molar refractivity (Wildman–Crippen MR) is 35.8 cm³/mol. The summed E-state index contributed by atoms with van der Waals surface area (Å²) < 4.78 is 4.94. The lowest BCUT2D eigenvalue weighted by atomic mass is 10.3. The third-order valence-corrected chi connectivity index (χ3v) is 1.05. The van der Waals surface area contributed by atoms with Gasteiger partial charge in [0.1, 0.15) is 0 Å². The SMILES string of the molecule is S=[C]C1C=CC=CO1. The van der Waals surface area contributed by atoms with Gasteiger partial charge in [0.15, 0.2) is 6.10 Å². The van der Waals surface area contributed by atoms with E-state index >= 15 is 0 Å². The monoisotopic (exact) mass is 125 g/mol. The molecule has 1 radical (unpaired) electrons. The fraction of sp³-hybridized carbons (Fsp3) is 0.167. The zero-order chi connectivity index (χ0) is 5.82. The minimum absolute atomic E-state index is 0.116.